The van der Waals surface area contributed by atoms with E-state index in [1.165, 1.54) is 18.4 Å². The van der Waals surface area contributed by atoms with Crippen molar-refractivity contribution in [2.24, 2.45) is 11.7 Å². The van der Waals surface area contributed by atoms with Crippen LogP contribution < -0.4 is 5.73 Å². The molecule has 3 N–H and O–H groups in total. The van der Waals surface area contributed by atoms with Gasteiger partial charge in [0, 0.05) is 0 Å². The fraction of sp³-hybridized carbons (Fsp3) is 0.667. The zero-order valence-electron chi connectivity index (χ0n) is 6.92. The molecule has 0 aromatic carbocycles. The van der Waals surface area contributed by atoms with E-state index in [0.717, 1.165) is 6.42 Å². The third kappa shape index (κ3) is 1.50. The Morgan fingerprint density at radius 1 is 1.67 bits per heavy atom. The molecule has 0 aromatic rings. The van der Waals surface area contributed by atoms with Crippen molar-refractivity contribution in [1.82, 2.24) is 0 Å². The Bertz CT molecular complexity index is 251. The number of nitrogens with two attached hydrogens (primary N) is 1. The van der Waals surface area contributed by atoms with Gasteiger partial charge in [0.2, 0.25) is 0 Å². The smallest absolute Gasteiger partial charge is 0.320 e. The van der Waals surface area contributed by atoms with Crippen LogP contribution in [-0.4, -0.2) is 17.1 Å². The van der Waals surface area contributed by atoms with Crippen LogP contribution in [0.15, 0.2) is 11.1 Å². The van der Waals surface area contributed by atoms with Gasteiger partial charge in [0.1, 0.15) is 6.04 Å². The van der Waals surface area contributed by atoms with Crippen molar-refractivity contribution in [1.29, 1.82) is 0 Å². The van der Waals surface area contributed by atoms with Crippen molar-refractivity contribution in [3.63, 3.8) is 0 Å². The number of allylic oxidation sites excluding steroid dienone is 2. The molecule has 2 saturated carbocycles. The van der Waals surface area contributed by atoms with Crippen molar-refractivity contribution < 1.29 is 9.90 Å². The summed E-state index contributed by atoms with van der Waals surface area (Å²) >= 11 is 0. The molecular weight excluding hydrogens is 154 g/mol. The summed E-state index contributed by atoms with van der Waals surface area (Å²) in [5, 5.41) is 8.56. The molecule has 3 nitrogen and oxygen atoms in total. The van der Waals surface area contributed by atoms with E-state index >= 15 is 0 Å². The molecule has 0 aromatic heterocycles. The van der Waals surface area contributed by atoms with Gasteiger partial charge in [-0.25, -0.2) is 0 Å². The predicted octanol–water partition coefficient (Wildman–Crippen LogP) is 0.899. The van der Waals surface area contributed by atoms with Gasteiger partial charge >= 0.3 is 5.97 Å². The first-order chi connectivity index (χ1) is 5.68. The summed E-state index contributed by atoms with van der Waals surface area (Å²) in [7, 11) is 0. The highest BCUT2D eigenvalue weighted by Gasteiger charge is 2.37. The molecule has 2 rings (SSSR count). The van der Waals surface area contributed by atoms with Crippen LogP contribution >= 0.6 is 0 Å². The molecule has 2 atom stereocenters. The maximum atomic E-state index is 10.4. The zero-order chi connectivity index (χ0) is 8.72. The maximum absolute atomic E-state index is 10.4. The summed E-state index contributed by atoms with van der Waals surface area (Å²) in [6.07, 6.45) is 4.23. The van der Waals surface area contributed by atoms with E-state index in [4.69, 9.17) is 10.8 Å². The molecular formula is C9H13NO2. The standard InChI is InChI=1S/C9H13NO2/c10-8(9(11)12)4-6-3-7(6)5-1-2-5/h6,8H,1-4,10H2,(H,11,12)/t6?,8-/m1/s1. The van der Waals surface area contributed by atoms with Gasteiger partial charge in [-0.15, -0.1) is 0 Å². The largest absolute Gasteiger partial charge is 0.480 e. The minimum Gasteiger partial charge on any atom is -0.480 e. The van der Waals surface area contributed by atoms with Crippen LogP contribution in [0.2, 0.25) is 0 Å². The monoisotopic (exact) mass is 167 g/mol. The number of carbonyl (C=O) groups is 1. The number of carboxylic acids is 1. The first-order valence-electron chi connectivity index (χ1n) is 4.37. The third-order valence-electron chi connectivity index (χ3n) is 2.61. The normalized spacial score (nSPS) is 28.6. The predicted molar refractivity (Wildman–Crippen MR) is 44.6 cm³/mol. The Morgan fingerprint density at radius 2 is 2.33 bits per heavy atom. The molecule has 0 saturated heterocycles. The number of hydrogen-bond donors (Lipinski definition) is 2. The third-order valence-corrected chi connectivity index (χ3v) is 2.61. The average Bonchev–Trinajstić information content (AvgIpc) is 2.79. The first kappa shape index (κ1) is 7.80. The summed E-state index contributed by atoms with van der Waals surface area (Å²) in [5.41, 5.74) is 8.49. The summed E-state index contributed by atoms with van der Waals surface area (Å²) in [6, 6.07) is -0.660. The van der Waals surface area contributed by atoms with Crippen LogP contribution in [-0.2, 0) is 4.79 Å². The highest BCUT2D eigenvalue weighted by atomic mass is 16.4. The van der Waals surface area contributed by atoms with Crippen LogP contribution in [0.4, 0.5) is 0 Å². The Morgan fingerprint density at radius 3 is 2.83 bits per heavy atom. The molecule has 0 heterocycles. The fourth-order valence-electron chi connectivity index (χ4n) is 1.66. The summed E-state index contributed by atoms with van der Waals surface area (Å²) < 4.78 is 0. The van der Waals surface area contributed by atoms with E-state index in [0.29, 0.717) is 12.3 Å². The van der Waals surface area contributed by atoms with Gasteiger partial charge in [-0.05, 0) is 31.6 Å². The molecule has 0 aliphatic heterocycles. The molecule has 2 aliphatic carbocycles. The Kier molecular flexibility index (Phi) is 1.68. The Hall–Kier alpha value is -0.830. The lowest BCUT2D eigenvalue weighted by molar-refractivity contribution is -0.138. The highest BCUT2D eigenvalue weighted by molar-refractivity contribution is 5.73. The van der Waals surface area contributed by atoms with Crippen molar-refractivity contribution in [3.8, 4) is 0 Å². The van der Waals surface area contributed by atoms with Crippen molar-refractivity contribution >= 4 is 5.97 Å². The summed E-state index contributed by atoms with van der Waals surface area (Å²) in [5.74, 6) is -0.365. The van der Waals surface area contributed by atoms with Crippen LogP contribution in [0, 0.1) is 5.92 Å². The molecule has 3 heteroatoms. The topological polar surface area (TPSA) is 63.3 Å². The minimum atomic E-state index is -0.873. The molecule has 0 amide bonds. The zero-order valence-corrected chi connectivity index (χ0v) is 6.92. The number of hydrogen-bond acceptors (Lipinski definition) is 2. The molecule has 0 spiro atoms. The van der Waals surface area contributed by atoms with Crippen LogP contribution in [0.1, 0.15) is 25.7 Å². The summed E-state index contributed by atoms with van der Waals surface area (Å²) in [4.78, 5) is 10.4. The van der Waals surface area contributed by atoms with Crippen molar-refractivity contribution in [3.05, 3.63) is 11.1 Å². The van der Waals surface area contributed by atoms with E-state index in [2.05, 4.69) is 0 Å². The van der Waals surface area contributed by atoms with Crippen LogP contribution in [0.5, 0.6) is 0 Å². The average molecular weight is 167 g/mol. The first-order valence-corrected chi connectivity index (χ1v) is 4.37. The highest BCUT2D eigenvalue weighted by Crippen LogP contribution is 2.50. The molecule has 66 valence electrons. The Balaban J connectivity index is 1.83. The van der Waals surface area contributed by atoms with Gasteiger partial charge < -0.3 is 10.8 Å². The number of aliphatic carboxylic acids is 1. The number of carboxylic acid groups (broad SMARTS) is 1. The van der Waals surface area contributed by atoms with E-state index < -0.39 is 12.0 Å². The van der Waals surface area contributed by atoms with Gasteiger partial charge in [-0.1, -0.05) is 11.1 Å². The molecule has 0 bridgehead atoms. The molecule has 2 aliphatic rings. The van der Waals surface area contributed by atoms with E-state index in [1.807, 2.05) is 0 Å². The van der Waals surface area contributed by atoms with Gasteiger partial charge in [0.25, 0.3) is 0 Å². The van der Waals surface area contributed by atoms with Crippen molar-refractivity contribution in [2.75, 3.05) is 0 Å². The molecule has 1 unspecified atom stereocenters. The fourth-order valence-corrected chi connectivity index (χ4v) is 1.66. The second kappa shape index (κ2) is 2.59. The molecule has 12 heavy (non-hydrogen) atoms. The van der Waals surface area contributed by atoms with Gasteiger partial charge in [-0.3, -0.25) is 4.79 Å². The lowest BCUT2D eigenvalue weighted by Crippen LogP contribution is -2.30. The second-order valence-corrected chi connectivity index (χ2v) is 3.71. The second-order valence-electron chi connectivity index (χ2n) is 3.71. The lowest BCUT2D eigenvalue weighted by Gasteiger charge is -2.02. The minimum absolute atomic E-state index is 0.508. The van der Waals surface area contributed by atoms with Gasteiger partial charge in [0.15, 0.2) is 0 Å². The molecule has 0 radical (unpaired) electrons. The van der Waals surface area contributed by atoms with E-state index in [9.17, 15) is 4.79 Å². The van der Waals surface area contributed by atoms with Gasteiger partial charge in [-0.2, -0.15) is 0 Å². The summed E-state index contributed by atoms with van der Waals surface area (Å²) in [6.45, 7) is 0. The quantitative estimate of drug-likeness (QED) is 0.614. The van der Waals surface area contributed by atoms with E-state index in [-0.39, 0.29) is 0 Å². The number of rotatable bonds is 3. The van der Waals surface area contributed by atoms with Gasteiger partial charge in [0.05, 0.1) is 0 Å². The SMILES string of the molecule is N[C@H](CC1CC1=C1CC1)C(=O)O. The van der Waals surface area contributed by atoms with Crippen LogP contribution in [0.3, 0.4) is 0 Å². The van der Waals surface area contributed by atoms with E-state index in [1.54, 1.807) is 5.57 Å². The lowest BCUT2D eigenvalue weighted by atomic mass is 10.1. The molecule has 2 fully saturated rings. The maximum Gasteiger partial charge on any atom is 0.320 e. The van der Waals surface area contributed by atoms with Crippen molar-refractivity contribution in [2.45, 2.75) is 31.7 Å². The van der Waals surface area contributed by atoms with Crippen LogP contribution in [0.25, 0.3) is 0 Å². The Labute approximate surface area is 71.3 Å².